The summed E-state index contributed by atoms with van der Waals surface area (Å²) in [6, 6.07) is 4.48. The molecule has 1 N–H and O–H groups in total. The van der Waals surface area contributed by atoms with Crippen LogP contribution < -0.4 is 4.74 Å². The Hall–Kier alpha value is -3.17. The van der Waals surface area contributed by atoms with Crippen molar-refractivity contribution in [2.24, 2.45) is 18.9 Å². The third kappa shape index (κ3) is 6.45. The second kappa shape index (κ2) is 11.3. The first-order valence-electron chi connectivity index (χ1n) is 11.6. The van der Waals surface area contributed by atoms with Crippen molar-refractivity contribution in [2.75, 3.05) is 13.6 Å². The van der Waals surface area contributed by atoms with Gasteiger partial charge >= 0.3 is 12.1 Å². The van der Waals surface area contributed by atoms with E-state index in [1.54, 1.807) is 20.2 Å². The molecule has 1 heterocycles. The van der Waals surface area contributed by atoms with Gasteiger partial charge in [-0.2, -0.15) is 0 Å². The van der Waals surface area contributed by atoms with E-state index in [4.69, 9.17) is 9.47 Å². The molecule has 2 atom stereocenters. The maximum Gasteiger partial charge on any atom is 0.409 e. The molecule has 1 aromatic carbocycles. The number of aryl methyl sites for hydroxylation is 1. The molecule has 34 heavy (non-hydrogen) atoms. The van der Waals surface area contributed by atoms with E-state index in [2.05, 4.69) is 24.2 Å². The number of carboxylic acid groups (broad SMARTS) is 1. The summed E-state index contributed by atoms with van der Waals surface area (Å²) in [5.74, 6) is -1.33. The number of carbonyl (C=O) groups is 2. The molecular formula is C24H33FN4O5. The van der Waals surface area contributed by atoms with Gasteiger partial charge in [0.25, 0.3) is 0 Å². The van der Waals surface area contributed by atoms with E-state index in [0.717, 1.165) is 12.8 Å². The molecule has 186 valence electrons. The van der Waals surface area contributed by atoms with Gasteiger partial charge in [-0.3, -0.25) is 4.79 Å². The van der Waals surface area contributed by atoms with Gasteiger partial charge in [0, 0.05) is 26.2 Å². The number of benzene rings is 1. The van der Waals surface area contributed by atoms with E-state index in [-0.39, 0.29) is 18.5 Å². The summed E-state index contributed by atoms with van der Waals surface area (Å²) >= 11 is 0. The molecule has 3 rings (SSSR count). The van der Waals surface area contributed by atoms with E-state index in [9.17, 15) is 19.1 Å². The largest absolute Gasteiger partial charge is 0.487 e. The van der Waals surface area contributed by atoms with E-state index >= 15 is 0 Å². The maximum absolute atomic E-state index is 14.9. The van der Waals surface area contributed by atoms with Crippen LogP contribution in [-0.2, 0) is 23.2 Å². The van der Waals surface area contributed by atoms with Gasteiger partial charge in [0.1, 0.15) is 18.0 Å². The van der Waals surface area contributed by atoms with Crippen LogP contribution >= 0.6 is 0 Å². The molecule has 1 amide bonds. The minimum absolute atomic E-state index is 0.0534. The first-order chi connectivity index (χ1) is 16.2. The van der Waals surface area contributed by atoms with Crippen molar-refractivity contribution in [2.45, 2.75) is 58.7 Å². The van der Waals surface area contributed by atoms with Crippen LogP contribution in [0.2, 0.25) is 0 Å². The van der Waals surface area contributed by atoms with Crippen molar-refractivity contribution in [1.29, 1.82) is 0 Å². The van der Waals surface area contributed by atoms with Gasteiger partial charge in [0.05, 0.1) is 12.0 Å². The monoisotopic (exact) mass is 476 g/mol. The average Bonchev–Trinajstić information content (AvgIpc) is 3.17. The molecule has 1 aromatic heterocycles. The Kier molecular flexibility index (Phi) is 8.46. The Balaban J connectivity index is 1.67. The second-order valence-electron chi connectivity index (χ2n) is 9.25. The van der Waals surface area contributed by atoms with Crippen LogP contribution in [0.5, 0.6) is 5.75 Å². The van der Waals surface area contributed by atoms with Crippen molar-refractivity contribution in [1.82, 2.24) is 19.9 Å². The molecule has 1 saturated carbocycles. The van der Waals surface area contributed by atoms with Crippen LogP contribution in [0.4, 0.5) is 9.18 Å². The lowest BCUT2D eigenvalue weighted by Crippen LogP contribution is -2.29. The summed E-state index contributed by atoms with van der Waals surface area (Å²) < 4.78 is 27.6. The number of hydrogen-bond donors (Lipinski definition) is 1. The summed E-state index contributed by atoms with van der Waals surface area (Å²) in [6.45, 7) is 4.71. The number of aliphatic carboxylic acids is 1. The minimum atomic E-state index is -0.842. The summed E-state index contributed by atoms with van der Waals surface area (Å²) in [4.78, 5) is 25.1. The van der Waals surface area contributed by atoms with E-state index in [1.807, 2.05) is 0 Å². The summed E-state index contributed by atoms with van der Waals surface area (Å²) in [6.07, 6.45) is 2.48. The van der Waals surface area contributed by atoms with Gasteiger partial charge in [-0.1, -0.05) is 19.1 Å². The number of halogens is 1. The molecule has 0 aliphatic heterocycles. The minimum Gasteiger partial charge on any atom is -0.487 e. The quantitative estimate of drug-likeness (QED) is 0.576. The Morgan fingerprint density at radius 2 is 2.09 bits per heavy atom. The normalized spacial score (nSPS) is 18.1. The molecule has 0 spiro atoms. The molecule has 1 aliphatic carbocycles. The van der Waals surface area contributed by atoms with Gasteiger partial charge in [0.15, 0.2) is 11.6 Å². The number of ether oxygens (including phenoxy) is 2. The number of hydrogen-bond acceptors (Lipinski definition) is 6. The molecule has 0 bridgehead atoms. The third-order valence-corrected chi connectivity index (χ3v) is 6.10. The van der Waals surface area contributed by atoms with Gasteiger partial charge < -0.3 is 19.5 Å². The number of amides is 1. The van der Waals surface area contributed by atoms with Crippen LogP contribution in [0.25, 0.3) is 11.3 Å². The fourth-order valence-electron chi connectivity index (χ4n) is 3.95. The van der Waals surface area contributed by atoms with Crippen LogP contribution in [0, 0.1) is 17.7 Å². The standard InChI is InChI=1S/C24H33FN4O5/c1-15(2)10-11-28(3)24(32)33-14-20-22(26-27-29(20)4)16-8-9-21(19(25)13-16)34-18-7-5-6-17(12-18)23(30)31/h8-9,13,15,17-18H,5-7,10-12,14H2,1-4H3,(H,30,31)/t17-,18-/m0/s1. The van der Waals surface area contributed by atoms with Crippen molar-refractivity contribution < 1.29 is 28.6 Å². The lowest BCUT2D eigenvalue weighted by Gasteiger charge is -2.27. The van der Waals surface area contributed by atoms with Gasteiger partial charge in [-0.15, -0.1) is 5.10 Å². The van der Waals surface area contributed by atoms with Crippen LogP contribution in [-0.4, -0.2) is 56.8 Å². The second-order valence-corrected chi connectivity index (χ2v) is 9.25. The average molecular weight is 477 g/mol. The molecule has 0 unspecified atom stereocenters. The van der Waals surface area contributed by atoms with Crippen molar-refractivity contribution in [3.63, 3.8) is 0 Å². The maximum atomic E-state index is 14.9. The zero-order chi connectivity index (χ0) is 24.8. The molecule has 9 nitrogen and oxygen atoms in total. The highest BCUT2D eigenvalue weighted by Crippen LogP contribution is 2.31. The Labute approximate surface area is 198 Å². The molecule has 0 radical (unpaired) electrons. The highest BCUT2D eigenvalue weighted by Gasteiger charge is 2.29. The van der Waals surface area contributed by atoms with Gasteiger partial charge in [0.2, 0.25) is 0 Å². The lowest BCUT2D eigenvalue weighted by molar-refractivity contribution is -0.143. The summed E-state index contributed by atoms with van der Waals surface area (Å²) in [7, 11) is 3.37. The Bertz CT molecular complexity index is 1010. The van der Waals surface area contributed by atoms with Crippen molar-refractivity contribution in [3.05, 3.63) is 29.7 Å². The van der Waals surface area contributed by atoms with Crippen molar-refractivity contribution in [3.8, 4) is 17.0 Å². The number of rotatable bonds is 9. The smallest absolute Gasteiger partial charge is 0.409 e. The molecule has 10 heteroatoms. The predicted octanol–water partition coefficient (Wildman–Crippen LogP) is 4.26. The summed E-state index contributed by atoms with van der Waals surface area (Å²) in [5, 5.41) is 17.4. The molecular weight excluding hydrogens is 443 g/mol. The topological polar surface area (TPSA) is 107 Å². The predicted molar refractivity (Wildman–Crippen MR) is 123 cm³/mol. The zero-order valence-corrected chi connectivity index (χ0v) is 20.2. The highest BCUT2D eigenvalue weighted by molar-refractivity contribution is 5.70. The Morgan fingerprint density at radius 1 is 1.32 bits per heavy atom. The SMILES string of the molecule is CC(C)CCN(C)C(=O)OCc1c(-c2ccc(O[C@H]3CCC[C@H](C(=O)O)C3)c(F)c2)nnn1C. The van der Waals surface area contributed by atoms with Crippen LogP contribution in [0.15, 0.2) is 18.2 Å². The van der Waals surface area contributed by atoms with Gasteiger partial charge in [-0.05, 0) is 56.2 Å². The molecule has 0 saturated heterocycles. The Morgan fingerprint density at radius 3 is 2.76 bits per heavy atom. The molecule has 1 fully saturated rings. The first kappa shape index (κ1) is 25.5. The number of nitrogens with zero attached hydrogens (tertiary/aromatic N) is 4. The van der Waals surface area contributed by atoms with E-state index in [0.29, 0.717) is 48.7 Å². The van der Waals surface area contributed by atoms with Crippen LogP contribution in [0.1, 0.15) is 51.6 Å². The summed E-state index contributed by atoms with van der Waals surface area (Å²) in [5.41, 5.74) is 1.42. The highest BCUT2D eigenvalue weighted by atomic mass is 19.1. The number of carbonyl (C=O) groups excluding carboxylic acids is 1. The fourth-order valence-corrected chi connectivity index (χ4v) is 3.95. The van der Waals surface area contributed by atoms with Crippen LogP contribution in [0.3, 0.4) is 0 Å². The lowest BCUT2D eigenvalue weighted by atomic mass is 9.87. The molecule has 2 aromatic rings. The first-order valence-corrected chi connectivity index (χ1v) is 11.6. The van der Waals surface area contributed by atoms with E-state index < -0.39 is 23.8 Å². The molecule has 1 aliphatic rings. The fraction of sp³-hybridized carbons (Fsp3) is 0.583. The van der Waals surface area contributed by atoms with Gasteiger partial charge in [-0.25, -0.2) is 13.9 Å². The zero-order valence-electron chi connectivity index (χ0n) is 20.2. The number of aromatic nitrogens is 3. The van der Waals surface area contributed by atoms with Crippen molar-refractivity contribution >= 4 is 12.1 Å². The third-order valence-electron chi connectivity index (χ3n) is 6.10. The van der Waals surface area contributed by atoms with E-state index in [1.165, 1.54) is 21.7 Å². The number of carboxylic acids is 1.